The number of carbonyl (C=O) groups excluding carboxylic acids is 1. The van der Waals surface area contributed by atoms with Gasteiger partial charge < -0.3 is 4.74 Å². The van der Waals surface area contributed by atoms with Crippen molar-refractivity contribution in [2.45, 2.75) is 48.0 Å². The average molecular weight is 226 g/mol. The number of hydrogen-bond acceptors (Lipinski definition) is 2. The molecule has 0 bridgehead atoms. The SMILES string of the molecule is C=C(COC(=O)C(C)C)C(C)CC(C)(C)C. The van der Waals surface area contributed by atoms with Crippen LogP contribution in [-0.2, 0) is 9.53 Å². The van der Waals surface area contributed by atoms with Gasteiger partial charge in [0.05, 0.1) is 5.92 Å². The molecule has 0 rings (SSSR count). The van der Waals surface area contributed by atoms with Gasteiger partial charge in [-0.25, -0.2) is 0 Å². The van der Waals surface area contributed by atoms with Crippen molar-refractivity contribution in [2.24, 2.45) is 17.3 Å². The Kier molecular flexibility index (Phi) is 5.77. The molecule has 1 atom stereocenters. The lowest BCUT2D eigenvalue weighted by Crippen LogP contribution is -2.18. The fraction of sp³-hybridized carbons (Fsp3) is 0.786. The van der Waals surface area contributed by atoms with Crippen LogP contribution in [0.1, 0.15) is 48.0 Å². The largest absolute Gasteiger partial charge is 0.461 e. The molecule has 0 saturated heterocycles. The highest BCUT2D eigenvalue weighted by Crippen LogP contribution is 2.27. The molecule has 0 amide bonds. The number of ether oxygens (including phenoxy) is 1. The van der Waals surface area contributed by atoms with E-state index in [-0.39, 0.29) is 17.3 Å². The van der Waals surface area contributed by atoms with Crippen LogP contribution in [0, 0.1) is 17.3 Å². The van der Waals surface area contributed by atoms with Crippen LogP contribution in [0.15, 0.2) is 12.2 Å². The van der Waals surface area contributed by atoms with Crippen LogP contribution in [0.5, 0.6) is 0 Å². The Morgan fingerprint density at radius 1 is 1.25 bits per heavy atom. The summed E-state index contributed by atoms with van der Waals surface area (Å²) in [5.41, 5.74) is 1.29. The van der Waals surface area contributed by atoms with Crippen molar-refractivity contribution in [1.82, 2.24) is 0 Å². The summed E-state index contributed by atoms with van der Waals surface area (Å²) < 4.78 is 5.16. The second-order valence-corrected chi connectivity index (χ2v) is 6.09. The second-order valence-electron chi connectivity index (χ2n) is 6.09. The highest BCUT2D eigenvalue weighted by atomic mass is 16.5. The molecule has 0 aliphatic heterocycles. The van der Waals surface area contributed by atoms with Gasteiger partial charge in [0, 0.05) is 0 Å². The van der Waals surface area contributed by atoms with Gasteiger partial charge in [0.25, 0.3) is 0 Å². The molecule has 0 spiro atoms. The first-order chi connectivity index (χ1) is 7.13. The molecule has 0 N–H and O–H groups in total. The number of esters is 1. The lowest BCUT2D eigenvalue weighted by molar-refractivity contribution is -0.146. The van der Waals surface area contributed by atoms with Crippen molar-refractivity contribution in [1.29, 1.82) is 0 Å². The Labute approximate surface area is 100 Å². The van der Waals surface area contributed by atoms with E-state index in [1.54, 1.807) is 0 Å². The van der Waals surface area contributed by atoms with E-state index >= 15 is 0 Å². The van der Waals surface area contributed by atoms with Gasteiger partial charge in [-0.2, -0.15) is 0 Å². The second kappa shape index (κ2) is 6.07. The Balaban J connectivity index is 4.03. The summed E-state index contributed by atoms with van der Waals surface area (Å²) in [6.45, 7) is 16.8. The van der Waals surface area contributed by atoms with Gasteiger partial charge in [0.15, 0.2) is 0 Å². The average Bonchev–Trinajstić information content (AvgIpc) is 2.10. The first-order valence-electron chi connectivity index (χ1n) is 5.98. The quantitative estimate of drug-likeness (QED) is 0.526. The first-order valence-corrected chi connectivity index (χ1v) is 5.98. The van der Waals surface area contributed by atoms with Gasteiger partial charge in [0.1, 0.15) is 6.61 Å². The fourth-order valence-electron chi connectivity index (χ4n) is 1.54. The van der Waals surface area contributed by atoms with Crippen molar-refractivity contribution in [2.75, 3.05) is 6.61 Å². The number of rotatable bonds is 5. The molecule has 0 aromatic carbocycles. The Hall–Kier alpha value is -0.790. The Morgan fingerprint density at radius 3 is 2.12 bits per heavy atom. The third-order valence-electron chi connectivity index (χ3n) is 2.49. The lowest BCUT2D eigenvalue weighted by atomic mass is 9.83. The standard InChI is InChI=1S/C14H26O2/c1-10(2)13(15)16-9-12(4)11(3)8-14(5,6)7/h10-11H,4,8-9H2,1-3,5-7H3. The molecule has 0 heterocycles. The van der Waals surface area contributed by atoms with Crippen LogP contribution >= 0.6 is 0 Å². The van der Waals surface area contributed by atoms with Gasteiger partial charge in [-0.05, 0) is 23.3 Å². The summed E-state index contributed by atoms with van der Waals surface area (Å²) in [5.74, 6) is 0.176. The van der Waals surface area contributed by atoms with E-state index < -0.39 is 0 Å². The molecule has 94 valence electrons. The molecular weight excluding hydrogens is 200 g/mol. The molecule has 0 aliphatic rings. The third-order valence-corrected chi connectivity index (χ3v) is 2.49. The van der Waals surface area contributed by atoms with Crippen molar-refractivity contribution in [3.8, 4) is 0 Å². The molecule has 2 nitrogen and oxygen atoms in total. The van der Waals surface area contributed by atoms with Gasteiger partial charge in [-0.15, -0.1) is 0 Å². The first kappa shape index (κ1) is 15.2. The maximum atomic E-state index is 11.3. The van der Waals surface area contributed by atoms with Gasteiger partial charge in [0.2, 0.25) is 0 Å². The predicted octanol–water partition coefficient (Wildman–Crippen LogP) is 3.81. The Morgan fingerprint density at radius 2 is 1.75 bits per heavy atom. The van der Waals surface area contributed by atoms with E-state index in [0.29, 0.717) is 12.5 Å². The Bertz CT molecular complexity index is 246. The molecular formula is C14H26O2. The normalized spacial score (nSPS) is 13.7. The van der Waals surface area contributed by atoms with Crippen LogP contribution in [0.4, 0.5) is 0 Å². The highest BCUT2D eigenvalue weighted by Gasteiger charge is 2.18. The molecule has 16 heavy (non-hydrogen) atoms. The molecule has 0 fully saturated rings. The zero-order valence-electron chi connectivity index (χ0n) is 11.6. The van der Waals surface area contributed by atoms with Gasteiger partial charge in [-0.1, -0.05) is 48.1 Å². The van der Waals surface area contributed by atoms with Crippen LogP contribution in [-0.4, -0.2) is 12.6 Å². The summed E-state index contributed by atoms with van der Waals surface area (Å²) in [6, 6.07) is 0. The molecule has 0 aliphatic carbocycles. The van der Waals surface area contributed by atoms with Gasteiger partial charge in [-0.3, -0.25) is 4.79 Å². The molecule has 0 aromatic heterocycles. The molecule has 0 aromatic rings. The van der Waals surface area contributed by atoms with E-state index in [2.05, 4.69) is 34.3 Å². The summed E-state index contributed by atoms with van der Waals surface area (Å²) in [7, 11) is 0. The van der Waals surface area contributed by atoms with Crippen LogP contribution < -0.4 is 0 Å². The third kappa shape index (κ3) is 6.65. The van der Waals surface area contributed by atoms with Crippen molar-refractivity contribution >= 4 is 5.97 Å². The lowest BCUT2D eigenvalue weighted by Gasteiger charge is -2.24. The molecule has 0 radical (unpaired) electrons. The van der Waals surface area contributed by atoms with E-state index in [1.807, 2.05) is 13.8 Å². The highest BCUT2D eigenvalue weighted by molar-refractivity contribution is 5.71. The maximum absolute atomic E-state index is 11.3. The van der Waals surface area contributed by atoms with Crippen molar-refractivity contribution in [3.05, 3.63) is 12.2 Å². The van der Waals surface area contributed by atoms with E-state index in [1.165, 1.54) is 0 Å². The molecule has 2 heteroatoms. The fourth-order valence-corrected chi connectivity index (χ4v) is 1.54. The minimum Gasteiger partial charge on any atom is -0.461 e. The smallest absolute Gasteiger partial charge is 0.308 e. The molecule has 1 unspecified atom stereocenters. The monoisotopic (exact) mass is 226 g/mol. The zero-order valence-corrected chi connectivity index (χ0v) is 11.6. The predicted molar refractivity (Wildman–Crippen MR) is 68.2 cm³/mol. The summed E-state index contributed by atoms with van der Waals surface area (Å²) >= 11 is 0. The minimum atomic E-state index is -0.149. The van der Waals surface area contributed by atoms with E-state index in [4.69, 9.17) is 4.74 Å². The van der Waals surface area contributed by atoms with Crippen LogP contribution in [0.2, 0.25) is 0 Å². The van der Waals surface area contributed by atoms with E-state index in [9.17, 15) is 4.79 Å². The van der Waals surface area contributed by atoms with Gasteiger partial charge >= 0.3 is 5.97 Å². The van der Waals surface area contributed by atoms with E-state index in [0.717, 1.165) is 12.0 Å². The summed E-state index contributed by atoms with van der Waals surface area (Å²) in [4.78, 5) is 11.3. The maximum Gasteiger partial charge on any atom is 0.308 e. The zero-order chi connectivity index (χ0) is 12.9. The van der Waals surface area contributed by atoms with Crippen molar-refractivity contribution in [3.63, 3.8) is 0 Å². The molecule has 0 saturated carbocycles. The van der Waals surface area contributed by atoms with Crippen LogP contribution in [0.25, 0.3) is 0 Å². The summed E-state index contributed by atoms with van der Waals surface area (Å²) in [5, 5.41) is 0. The minimum absolute atomic E-state index is 0.0641. The number of hydrogen-bond donors (Lipinski definition) is 0. The summed E-state index contributed by atoms with van der Waals surface area (Å²) in [6.07, 6.45) is 1.06. The van der Waals surface area contributed by atoms with Crippen LogP contribution in [0.3, 0.4) is 0 Å². The van der Waals surface area contributed by atoms with Crippen molar-refractivity contribution < 1.29 is 9.53 Å². The number of carbonyl (C=O) groups is 1. The topological polar surface area (TPSA) is 26.3 Å².